The van der Waals surface area contributed by atoms with Gasteiger partial charge in [0.2, 0.25) is 0 Å². The highest BCUT2D eigenvalue weighted by Gasteiger charge is 2.00. The van der Waals surface area contributed by atoms with Crippen LogP contribution in [0, 0.1) is 0 Å². The van der Waals surface area contributed by atoms with Crippen LogP contribution in [-0.4, -0.2) is 52.9 Å². The average Bonchev–Trinajstić information content (AvgIpc) is 2.25. The van der Waals surface area contributed by atoms with E-state index in [1.807, 2.05) is 13.8 Å². The standard InChI is InChI=1S/C11H24O4/c1-4-13-10-11(2)15-7-5-6-14-9-8-12-3/h11H,4-10H2,1-3H3. The fraction of sp³-hybridized carbons (Fsp3) is 1.00. The van der Waals surface area contributed by atoms with Crippen LogP contribution >= 0.6 is 0 Å². The minimum absolute atomic E-state index is 0.170. The maximum atomic E-state index is 5.51. The van der Waals surface area contributed by atoms with E-state index in [9.17, 15) is 0 Å². The molecule has 0 aromatic rings. The molecule has 0 amide bonds. The SMILES string of the molecule is CCOCC(C)OCCCOCCOC. The van der Waals surface area contributed by atoms with Crippen LogP contribution in [0.2, 0.25) is 0 Å². The third-order valence-corrected chi connectivity index (χ3v) is 1.82. The van der Waals surface area contributed by atoms with Crippen LogP contribution in [0.5, 0.6) is 0 Å². The van der Waals surface area contributed by atoms with Crippen LogP contribution in [0.4, 0.5) is 0 Å². The van der Waals surface area contributed by atoms with Gasteiger partial charge >= 0.3 is 0 Å². The van der Waals surface area contributed by atoms with Crippen molar-refractivity contribution in [2.75, 3.05) is 46.8 Å². The van der Waals surface area contributed by atoms with Gasteiger partial charge in [0.15, 0.2) is 0 Å². The second kappa shape index (κ2) is 11.9. The van der Waals surface area contributed by atoms with Crippen molar-refractivity contribution in [3.05, 3.63) is 0 Å². The molecule has 1 unspecified atom stereocenters. The highest BCUT2D eigenvalue weighted by Crippen LogP contribution is 1.94. The number of hydrogen-bond acceptors (Lipinski definition) is 4. The Kier molecular flexibility index (Phi) is 11.8. The van der Waals surface area contributed by atoms with E-state index in [2.05, 4.69) is 0 Å². The Bertz CT molecular complexity index is 119. The van der Waals surface area contributed by atoms with Crippen molar-refractivity contribution in [1.29, 1.82) is 0 Å². The minimum atomic E-state index is 0.170. The molecule has 15 heavy (non-hydrogen) atoms. The van der Waals surface area contributed by atoms with Crippen molar-refractivity contribution >= 4 is 0 Å². The quantitative estimate of drug-likeness (QED) is 0.494. The normalized spacial score (nSPS) is 13.0. The van der Waals surface area contributed by atoms with Crippen LogP contribution in [0.15, 0.2) is 0 Å². The van der Waals surface area contributed by atoms with Crippen molar-refractivity contribution in [2.24, 2.45) is 0 Å². The van der Waals surface area contributed by atoms with E-state index in [1.54, 1.807) is 7.11 Å². The van der Waals surface area contributed by atoms with Crippen molar-refractivity contribution in [3.63, 3.8) is 0 Å². The third kappa shape index (κ3) is 11.8. The molecule has 0 aliphatic heterocycles. The van der Waals surface area contributed by atoms with E-state index in [4.69, 9.17) is 18.9 Å². The molecule has 0 bridgehead atoms. The maximum Gasteiger partial charge on any atom is 0.0780 e. The molecule has 0 aliphatic rings. The molecule has 0 aliphatic carbocycles. The first-order chi connectivity index (χ1) is 7.31. The molecule has 0 aromatic carbocycles. The summed E-state index contributed by atoms with van der Waals surface area (Å²) in [5.74, 6) is 0. The molecule has 0 saturated carbocycles. The van der Waals surface area contributed by atoms with E-state index in [0.29, 0.717) is 19.8 Å². The summed E-state index contributed by atoms with van der Waals surface area (Å²) in [6.45, 7) is 8.17. The van der Waals surface area contributed by atoms with Gasteiger partial charge < -0.3 is 18.9 Å². The summed E-state index contributed by atoms with van der Waals surface area (Å²) in [6, 6.07) is 0. The number of rotatable bonds is 11. The van der Waals surface area contributed by atoms with Gasteiger partial charge in [-0.3, -0.25) is 0 Å². The molecular formula is C11H24O4. The number of ether oxygens (including phenoxy) is 4. The second-order valence-electron chi connectivity index (χ2n) is 3.30. The first-order valence-corrected chi connectivity index (χ1v) is 5.57. The summed E-state index contributed by atoms with van der Waals surface area (Å²) in [4.78, 5) is 0. The zero-order valence-corrected chi connectivity index (χ0v) is 10.2. The lowest BCUT2D eigenvalue weighted by Crippen LogP contribution is -2.17. The molecule has 0 saturated heterocycles. The van der Waals surface area contributed by atoms with Gasteiger partial charge in [-0.05, 0) is 20.3 Å². The summed E-state index contributed by atoms with van der Waals surface area (Å²) in [5, 5.41) is 0. The topological polar surface area (TPSA) is 36.9 Å². The molecule has 0 N–H and O–H groups in total. The van der Waals surface area contributed by atoms with Crippen LogP contribution in [0.1, 0.15) is 20.3 Å². The van der Waals surface area contributed by atoms with Crippen molar-refractivity contribution in [1.82, 2.24) is 0 Å². The Hall–Kier alpha value is -0.160. The molecule has 4 nitrogen and oxygen atoms in total. The highest BCUT2D eigenvalue weighted by molar-refractivity contribution is 4.47. The second-order valence-corrected chi connectivity index (χ2v) is 3.30. The summed E-state index contributed by atoms with van der Waals surface area (Å²) < 4.78 is 20.9. The van der Waals surface area contributed by atoms with Gasteiger partial charge in [0.1, 0.15) is 0 Å². The molecule has 0 rings (SSSR count). The molecule has 0 fully saturated rings. The lowest BCUT2D eigenvalue weighted by molar-refractivity contribution is -0.0134. The van der Waals surface area contributed by atoms with Crippen LogP contribution in [-0.2, 0) is 18.9 Å². The summed E-state index contributed by atoms with van der Waals surface area (Å²) in [6.07, 6.45) is 1.09. The molecule has 0 radical (unpaired) electrons. The highest BCUT2D eigenvalue weighted by atomic mass is 16.5. The van der Waals surface area contributed by atoms with Gasteiger partial charge in [-0.15, -0.1) is 0 Å². The first kappa shape index (κ1) is 14.8. The largest absolute Gasteiger partial charge is 0.382 e. The Morgan fingerprint density at radius 3 is 2.47 bits per heavy atom. The molecule has 1 atom stereocenters. The van der Waals surface area contributed by atoms with E-state index in [-0.39, 0.29) is 6.10 Å². The van der Waals surface area contributed by atoms with Crippen LogP contribution in [0.25, 0.3) is 0 Å². The predicted octanol–water partition coefficient (Wildman–Crippen LogP) is 1.48. The summed E-state index contributed by atoms with van der Waals surface area (Å²) in [7, 11) is 1.67. The summed E-state index contributed by atoms with van der Waals surface area (Å²) in [5.41, 5.74) is 0. The molecular weight excluding hydrogens is 196 g/mol. The van der Waals surface area contributed by atoms with Crippen molar-refractivity contribution in [2.45, 2.75) is 26.4 Å². The smallest absolute Gasteiger partial charge is 0.0780 e. The fourth-order valence-electron chi connectivity index (χ4n) is 1.02. The summed E-state index contributed by atoms with van der Waals surface area (Å²) >= 11 is 0. The van der Waals surface area contributed by atoms with E-state index >= 15 is 0 Å². The van der Waals surface area contributed by atoms with Gasteiger partial charge in [-0.2, -0.15) is 0 Å². The Morgan fingerprint density at radius 1 is 1.00 bits per heavy atom. The van der Waals surface area contributed by atoms with Crippen LogP contribution in [0.3, 0.4) is 0 Å². The molecule has 92 valence electrons. The van der Waals surface area contributed by atoms with Crippen LogP contribution < -0.4 is 0 Å². The molecule has 0 spiro atoms. The van der Waals surface area contributed by atoms with Crippen molar-refractivity contribution < 1.29 is 18.9 Å². The lowest BCUT2D eigenvalue weighted by atomic mass is 10.4. The van der Waals surface area contributed by atoms with E-state index in [1.165, 1.54) is 0 Å². The minimum Gasteiger partial charge on any atom is -0.382 e. The molecule has 0 heterocycles. The van der Waals surface area contributed by atoms with Gasteiger partial charge in [0.05, 0.1) is 25.9 Å². The van der Waals surface area contributed by atoms with Gasteiger partial charge in [-0.25, -0.2) is 0 Å². The first-order valence-electron chi connectivity index (χ1n) is 5.57. The number of methoxy groups -OCH3 is 1. The van der Waals surface area contributed by atoms with Gasteiger partial charge in [0.25, 0.3) is 0 Å². The van der Waals surface area contributed by atoms with E-state index in [0.717, 1.165) is 26.2 Å². The predicted molar refractivity (Wildman–Crippen MR) is 59.2 cm³/mol. The Balaban J connectivity index is 3.02. The maximum absolute atomic E-state index is 5.51. The zero-order chi connectivity index (χ0) is 11.4. The third-order valence-electron chi connectivity index (χ3n) is 1.82. The monoisotopic (exact) mass is 220 g/mol. The number of hydrogen-bond donors (Lipinski definition) is 0. The zero-order valence-electron chi connectivity index (χ0n) is 10.2. The van der Waals surface area contributed by atoms with Gasteiger partial charge in [-0.1, -0.05) is 0 Å². The lowest BCUT2D eigenvalue weighted by Gasteiger charge is -2.12. The molecule has 0 aromatic heterocycles. The van der Waals surface area contributed by atoms with Crippen molar-refractivity contribution in [3.8, 4) is 0 Å². The Morgan fingerprint density at radius 2 is 1.80 bits per heavy atom. The fourth-order valence-corrected chi connectivity index (χ4v) is 1.02. The average molecular weight is 220 g/mol. The van der Waals surface area contributed by atoms with Gasteiger partial charge in [0, 0.05) is 26.9 Å². The Labute approximate surface area is 92.8 Å². The molecule has 4 heteroatoms. The van der Waals surface area contributed by atoms with E-state index < -0.39 is 0 Å².